The van der Waals surface area contributed by atoms with Crippen LogP contribution in [-0.2, 0) is 14.3 Å². The third-order valence-electron chi connectivity index (χ3n) is 7.64. The molecule has 0 aromatic heterocycles. The molecule has 1 aromatic rings. The fourth-order valence-corrected chi connectivity index (χ4v) is 5.42. The number of benzene rings is 1. The van der Waals surface area contributed by atoms with Crippen molar-refractivity contribution in [1.29, 1.82) is 0 Å². The summed E-state index contributed by atoms with van der Waals surface area (Å²) in [4.78, 5) is 25.7. The molecule has 0 spiro atoms. The highest BCUT2D eigenvalue weighted by atomic mass is 16.6. The Labute approximate surface area is 196 Å². The minimum atomic E-state index is -1.08. The van der Waals surface area contributed by atoms with E-state index in [1.165, 1.54) is 24.3 Å². The van der Waals surface area contributed by atoms with Gasteiger partial charge in [-0.3, -0.25) is 0 Å². The molecular formula is C27H36O6. The third-order valence-corrected chi connectivity index (χ3v) is 7.64. The normalized spacial score (nSPS) is 32.1. The summed E-state index contributed by atoms with van der Waals surface area (Å²) >= 11 is 0. The number of phenolic OH excluding ortho intramolecular Hbond substituents is 1. The fourth-order valence-electron chi connectivity index (χ4n) is 5.42. The number of hydrogen-bond acceptors (Lipinski definition) is 6. The topological polar surface area (TPSA) is 93.1 Å². The van der Waals surface area contributed by atoms with Crippen molar-refractivity contribution >= 4 is 11.9 Å². The van der Waals surface area contributed by atoms with Gasteiger partial charge in [0.25, 0.3) is 0 Å². The molecule has 0 saturated heterocycles. The molecule has 0 bridgehead atoms. The van der Waals surface area contributed by atoms with Crippen LogP contribution in [-0.4, -0.2) is 40.0 Å². The van der Waals surface area contributed by atoms with Crippen molar-refractivity contribution in [3.05, 3.63) is 53.1 Å². The lowest BCUT2D eigenvalue weighted by Crippen LogP contribution is -2.53. The van der Waals surface area contributed by atoms with Gasteiger partial charge in [-0.1, -0.05) is 32.4 Å². The van der Waals surface area contributed by atoms with Gasteiger partial charge in [-0.05, 0) is 69.9 Å². The molecule has 180 valence electrons. The molecule has 0 amide bonds. The number of aromatic hydroxyl groups is 1. The van der Waals surface area contributed by atoms with E-state index in [0.717, 1.165) is 5.57 Å². The summed E-state index contributed by atoms with van der Waals surface area (Å²) in [5.41, 5.74) is 0.112. The Balaban J connectivity index is 2.01. The van der Waals surface area contributed by atoms with Crippen LogP contribution < -0.4 is 0 Å². The number of esters is 2. The number of carbonyl (C=O) groups excluding carboxylic acids is 2. The highest BCUT2D eigenvalue weighted by Gasteiger charge is 2.63. The average molecular weight is 457 g/mol. The van der Waals surface area contributed by atoms with Crippen LogP contribution in [0.15, 0.2) is 47.6 Å². The summed E-state index contributed by atoms with van der Waals surface area (Å²) in [7, 11) is 0. The molecule has 0 radical (unpaired) electrons. The first kappa shape index (κ1) is 25.0. The molecule has 5 atom stereocenters. The van der Waals surface area contributed by atoms with Gasteiger partial charge in [0.05, 0.1) is 11.2 Å². The maximum Gasteiger partial charge on any atom is 0.338 e. The molecule has 33 heavy (non-hydrogen) atoms. The molecule has 0 unspecified atom stereocenters. The first-order chi connectivity index (χ1) is 15.4. The molecule has 1 saturated carbocycles. The number of allylic oxidation sites excluding steroid dienone is 1. The molecule has 3 rings (SSSR count). The highest BCUT2D eigenvalue weighted by Crippen LogP contribution is 2.58. The first-order valence-electron chi connectivity index (χ1n) is 11.7. The number of rotatable bonds is 5. The Hall–Kier alpha value is -2.60. The van der Waals surface area contributed by atoms with E-state index in [2.05, 4.69) is 0 Å². The van der Waals surface area contributed by atoms with Crippen molar-refractivity contribution in [1.82, 2.24) is 0 Å². The first-order valence-corrected chi connectivity index (χ1v) is 11.7. The van der Waals surface area contributed by atoms with Gasteiger partial charge in [0.2, 0.25) is 0 Å². The molecule has 1 fully saturated rings. The molecular weight excluding hydrogens is 420 g/mol. The zero-order chi connectivity index (χ0) is 24.6. The maximum atomic E-state index is 13.0. The summed E-state index contributed by atoms with van der Waals surface area (Å²) in [5.74, 6) is -1.33. The maximum absolute atomic E-state index is 13.0. The van der Waals surface area contributed by atoms with Gasteiger partial charge in [-0.2, -0.15) is 0 Å². The van der Waals surface area contributed by atoms with Crippen LogP contribution in [0.1, 0.15) is 71.2 Å². The van der Waals surface area contributed by atoms with E-state index >= 15 is 0 Å². The predicted octanol–water partition coefficient (Wildman–Crippen LogP) is 4.95. The van der Waals surface area contributed by atoms with E-state index in [1.807, 2.05) is 33.8 Å². The zero-order valence-corrected chi connectivity index (χ0v) is 20.4. The third kappa shape index (κ3) is 4.72. The van der Waals surface area contributed by atoms with E-state index in [0.29, 0.717) is 30.4 Å². The predicted molar refractivity (Wildman–Crippen MR) is 126 cm³/mol. The van der Waals surface area contributed by atoms with E-state index < -0.39 is 35.1 Å². The Morgan fingerprint density at radius 3 is 2.36 bits per heavy atom. The summed E-state index contributed by atoms with van der Waals surface area (Å²) in [6, 6.07) is 5.92. The van der Waals surface area contributed by atoms with E-state index in [9.17, 15) is 19.8 Å². The lowest BCUT2D eigenvalue weighted by Gasteiger charge is -2.45. The quantitative estimate of drug-likeness (QED) is 0.370. The van der Waals surface area contributed by atoms with Crippen molar-refractivity contribution in [2.24, 2.45) is 17.3 Å². The smallest absolute Gasteiger partial charge is 0.338 e. The lowest BCUT2D eigenvalue weighted by atomic mass is 9.66. The minimum absolute atomic E-state index is 0.0680. The van der Waals surface area contributed by atoms with E-state index in [1.54, 1.807) is 19.9 Å². The second-order valence-corrected chi connectivity index (χ2v) is 10.1. The number of fused-ring (bicyclic) bond motifs is 1. The Morgan fingerprint density at radius 2 is 1.79 bits per heavy atom. The Morgan fingerprint density at radius 1 is 1.15 bits per heavy atom. The van der Waals surface area contributed by atoms with Gasteiger partial charge in [-0.15, -0.1) is 0 Å². The van der Waals surface area contributed by atoms with Crippen molar-refractivity contribution in [3.63, 3.8) is 0 Å². The van der Waals surface area contributed by atoms with Crippen LogP contribution in [0, 0.1) is 17.3 Å². The van der Waals surface area contributed by atoms with Gasteiger partial charge in [-0.25, -0.2) is 9.59 Å². The number of ether oxygens (including phenoxy) is 2. The number of hydrogen-bond donors (Lipinski definition) is 2. The molecule has 1 aromatic carbocycles. The summed E-state index contributed by atoms with van der Waals surface area (Å²) in [5, 5.41) is 21.4. The second kappa shape index (κ2) is 9.34. The monoisotopic (exact) mass is 456 g/mol. The number of carbonyl (C=O) groups is 2. The lowest BCUT2D eigenvalue weighted by molar-refractivity contribution is -0.159. The largest absolute Gasteiger partial charge is 0.508 e. The van der Waals surface area contributed by atoms with Crippen molar-refractivity contribution < 1.29 is 29.3 Å². The van der Waals surface area contributed by atoms with Gasteiger partial charge in [0.15, 0.2) is 0 Å². The molecule has 2 aliphatic carbocycles. The van der Waals surface area contributed by atoms with Crippen LogP contribution >= 0.6 is 0 Å². The molecule has 2 N–H and O–H groups in total. The van der Waals surface area contributed by atoms with Crippen LogP contribution in [0.5, 0.6) is 5.75 Å². The van der Waals surface area contributed by atoms with Gasteiger partial charge in [0.1, 0.15) is 18.0 Å². The molecule has 2 aliphatic rings. The average Bonchev–Trinajstić information content (AvgIpc) is 3.00. The van der Waals surface area contributed by atoms with Crippen molar-refractivity contribution in [2.45, 2.75) is 78.6 Å². The van der Waals surface area contributed by atoms with E-state index in [4.69, 9.17) is 9.47 Å². The minimum Gasteiger partial charge on any atom is -0.508 e. The van der Waals surface area contributed by atoms with Crippen LogP contribution in [0.2, 0.25) is 0 Å². The molecule has 6 heteroatoms. The summed E-state index contributed by atoms with van der Waals surface area (Å²) < 4.78 is 12.0. The van der Waals surface area contributed by atoms with Crippen molar-refractivity contribution in [2.75, 3.05) is 0 Å². The second-order valence-electron chi connectivity index (χ2n) is 10.1. The number of phenols is 1. The Kier molecular flexibility index (Phi) is 7.08. The van der Waals surface area contributed by atoms with Crippen LogP contribution in [0.3, 0.4) is 0 Å². The number of aliphatic hydroxyl groups is 1. The van der Waals surface area contributed by atoms with Crippen LogP contribution in [0.4, 0.5) is 0 Å². The standard InChI is InChI=1S/C27H36O6/c1-7-18(5)24(29)33-22-15-17(4)14-21(32-25(30)19-8-10-20(28)11-9-19)23-26(22,6)12-13-27(23,31)16(2)3/h7-11,15-16,21-23,28,31H,12-14H2,1-6H3/b18-7-/t21-,22-,23-,26+,27+/m0/s1. The SMILES string of the molecule is C/C=C(/C)C(=O)O[C@H]1C=C(C)C[C@H](OC(=O)c2ccc(O)cc2)[C@H]2[C@]1(C)CC[C@@]2(O)C(C)C. The van der Waals surface area contributed by atoms with Gasteiger partial charge in [0, 0.05) is 23.3 Å². The van der Waals surface area contributed by atoms with Gasteiger partial charge < -0.3 is 19.7 Å². The fraction of sp³-hybridized carbons (Fsp3) is 0.556. The zero-order valence-electron chi connectivity index (χ0n) is 20.4. The molecule has 6 nitrogen and oxygen atoms in total. The summed E-state index contributed by atoms with van der Waals surface area (Å²) in [6.07, 6.45) is 4.14. The van der Waals surface area contributed by atoms with Crippen molar-refractivity contribution in [3.8, 4) is 5.75 Å². The highest BCUT2D eigenvalue weighted by molar-refractivity contribution is 5.89. The molecule has 0 aliphatic heterocycles. The van der Waals surface area contributed by atoms with Gasteiger partial charge >= 0.3 is 11.9 Å². The van der Waals surface area contributed by atoms with Crippen LogP contribution in [0.25, 0.3) is 0 Å². The van der Waals surface area contributed by atoms with E-state index in [-0.39, 0.29) is 17.6 Å². The molecule has 0 heterocycles. The summed E-state index contributed by atoms with van der Waals surface area (Å²) in [6.45, 7) is 11.4. The Bertz CT molecular complexity index is 959.